The quantitative estimate of drug-likeness (QED) is 0.751. The van der Waals surface area contributed by atoms with Crippen molar-refractivity contribution in [2.45, 2.75) is 12.6 Å². The SMILES string of the molecule is CN1CCNCC1c1noc(-c2cccc(OCc3cscn3)c2)n1. The van der Waals surface area contributed by atoms with Crippen molar-refractivity contribution >= 4 is 11.3 Å². The number of likely N-dealkylation sites (N-methyl/N-ethyl adjacent to an activating group) is 1. The molecule has 0 aliphatic carbocycles. The van der Waals surface area contributed by atoms with Crippen molar-refractivity contribution in [2.75, 3.05) is 26.7 Å². The Hall–Kier alpha value is -2.29. The predicted molar refractivity (Wildman–Crippen MR) is 94.4 cm³/mol. The van der Waals surface area contributed by atoms with E-state index in [1.807, 2.05) is 29.6 Å². The number of hydrogen-bond acceptors (Lipinski definition) is 8. The fourth-order valence-corrected chi connectivity index (χ4v) is 3.31. The van der Waals surface area contributed by atoms with E-state index in [0.717, 1.165) is 36.6 Å². The molecule has 1 aliphatic heterocycles. The number of hydrogen-bond donors (Lipinski definition) is 1. The number of benzene rings is 1. The van der Waals surface area contributed by atoms with Crippen molar-refractivity contribution in [1.29, 1.82) is 0 Å². The van der Waals surface area contributed by atoms with Gasteiger partial charge in [0.05, 0.1) is 17.2 Å². The van der Waals surface area contributed by atoms with Crippen LogP contribution in [-0.4, -0.2) is 46.7 Å². The van der Waals surface area contributed by atoms with Crippen LogP contribution in [-0.2, 0) is 6.61 Å². The van der Waals surface area contributed by atoms with Gasteiger partial charge in [-0.1, -0.05) is 11.2 Å². The third-order valence-electron chi connectivity index (χ3n) is 4.20. The average Bonchev–Trinajstić information content (AvgIpc) is 3.33. The second-order valence-corrected chi connectivity index (χ2v) is 6.67. The third kappa shape index (κ3) is 3.71. The molecule has 1 atom stereocenters. The zero-order valence-corrected chi connectivity index (χ0v) is 14.7. The molecule has 25 heavy (non-hydrogen) atoms. The number of piperazine rings is 1. The number of rotatable bonds is 5. The molecule has 3 heterocycles. The second-order valence-electron chi connectivity index (χ2n) is 5.95. The lowest BCUT2D eigenvalue weighted by Crippen LogP contribution is -2.44. The van der Waals surface area contributed by atoms with E-state index in [9.17, 15) is 0 Å². The van der Waals surface area contributed by atoms with Crippen molar-refractivity contribution in [3.05, 3.63) is 46.7 Å². The topological polar surface area (TPSA) is 76.3 Å². The number of thiazole rings is 1. The molecule has 1 fully saturated rings. The van der Waals surface area contributed by atoms with Crippen molar-refractivity contribution in [3.63, 3.8) is 0 Å². The Kier molecular flexibility index (Phi) is 4.73. The maximum atomic E-state index is 5.79. The summed E-state index contributed by atoms with van der Waals surface area (Å²) < 4.78 is 11.3. The molecule has 0 saturated carbocycles. The molecule has 1 aliphatic rings. The molecule has 0 spiro atoms. The summed E-state index contributed by atoms with van der Waals surface area (Å²) in [5, 5.41) is 9.50. The van der Waals surface area contributed by atoms with Gasteiger partial charge in [0.1, 0.15) is 12.4 Å². The van der Waals surface area contributed by atoms with E-state index in [1.165, 1.54) is 0 Å². The molecule has 1 aromatic carbocycles. The number of nitrogens with zero attached hydrogens (tertiary/aromatic N) is 4. The first kappa shape index (κ1) is 16.2. The Morgan fingerprint density at radius 2 is 2.40 bits per heavy atom. The first-order valence-electron chi connectivity index (χ1n) is 8.14. The van der Waals surface area contributed by atoms with E-state index >= 15 is 0 Å². The van der Waals surface area contributed by atoms with Crippen LogP contribution >= 0.6 is 11.3 Å². The number of nitrogens with one attached hydrogen (secondary N) is 1. The van der Waals surface area contributed by atoms with Gasteiger partial charge in [0.25, 0.3) is 5.89 Å². The van der Waals surface area contributed by atoms with Gasteiger partial charge in [-0.15, -0.1) is 11.3 Å². The smallest absolute Gasteiger partial charge is 0.258 e. The van der Waals surface area contributed by atoms with Gasteiger partial charge in [-0.05, 0) is 25.2 Å². The van der Waals surface area contributed by atoms with Gasteiger partial charge in [-0.25, -0.2) is 4.98 Å². The molecule has 3 aromatic rings. The van der Waals surface area contributed by atoms with Crippen LogP contribution in [0.4, 0.5) is 0 Å². The van der Waals surface area contributed by atoms with E-state index in [2.05, 4.69) is 32.4 Å². The predicted octanol–water partition coefficient (Wildman–Crippen LogP) is 2.35. The summed E-state index contributed by atoms with van der Waals surface area (Å²) in [6.45, 7) is 3.22. The summed E-state index contributed by atoms with van der Waals surface area (Å²) in [6.07, 6.45) is 0. The van der Waals surface area contributed by atoms with Crippen LogP contribution in [0.2, 0.25) is 0 Å². The Morgan fingerprint density at radius 3 is 3.24 bits per heavy atom. The third-order valence-corrected chi connectivity index (χ3v) is 4.84. The van der Waals surface area contributed by atoms with E-state index in [-0.39, 0.29) is 6.04 Å². The van der Waals surface area contributed by atoms with Gasteiger partial charge in [0.2, 0.25) is 0 Å². The second kappa shape index (κ2) is 7.30. The minimum Gasteiger partial charge on any atom is -0.487 e. The molecule has 8 heteroatoms. The fraction of sp³-hybridized carbons (Fsp3) is 0.353. The molecule has 0 radical (unpaired) electrons. The summed E-state index contributed by atoms with van der Waals surface area (Å²) in [5.74, 6) is 1.97. The first-order valence-corrected chi connectivity index (χ1v) is 9.09. The van der Waals surface area contributed by atoms with Crippen molar-refractivity contribution in [2.24, 2.45) is 0 Å². The van der Waals surface area contributed by atoms with E-state index < -0.39 is 0 Å². The molecule has 1 unspecified atom stereocenters. The molecule has 1 N–H and O–H groups in total. The lowest BCUT2D eigenvalue weighted by atomic mass is 10.2. The monoisotopic (exact) mass is 357 g/mol. The molecule has 4 rings (SSSR count). The summed E-state index contributed by atoms with van der Waals surface area (Å²) >= 11 is 1.56. The zero-order valence-electron chi connectivity index (χ0n) is 13.9. The Labute approximate surface area is 149 Å². The molecule has 0 amide bonds. The van der Waals surface area contributed by atoms with E-state index in [1.54, 1.807) is 16.8 Å². The van der Waals surface area contributed by atoms with Crippen LogP contribution in [0.5, 0.6) is 5.75 Å². The molecule has 1 saturated heterocycles. The highest BCUT2D eigenvalue weighted by Gasteiger charge is 2.25. The summed E-state index contributed by atoms with van der Waals surface area (Å²) in [6, 6.07) is 7.81. The molecular formula is C17H19N5O2S. The summed E-state index contributed by atoms with van der Waals surface area (Å²) in [5.41, 5.74) is 3.57. The lowest BCUT2D eigenvalue weighted by Gasteiger charge is -2.30. The molecule has 130 valence electrons. The molecule has 0 bridgehead atoms. The van der Waals surface area contributed by atoms with Crippen LogP contribution in [0.3, 0.4) is 0 Å². The largest absolute Gasteiger partial charge is 0.487 e. The van der Waals surface area contributed by atoms with Crippen LogP contribution in [0.1, 0.15) is 17.6 Å². The highest BCUT2D eigenvalue weighted by atomic mass is 32.1. The normalized spacial score (nSPS) is 18.4. The maximum Gasteiger partial charge on any atom is 0.258 e. The van der Waals surface area contributed by atoms with Crippen LogP contribution in [0, 0.1) is 0 Å². The Morgan fingerprint density at radius 1 is 1.44 bits per heavy atom. The van der Waals surface area contributed by atoms with Crippen LogP contribution in [0.15, 0.2) is 39.7 Å². The highest BCUT2D eigenvalue weighted by Crippen LogP contribution is 2.25. The molecular weight excluding hydrogens is 338 g/mol. The van der Waals surface area contributed by atoms with E-state index in [0.29, 0.717) is 18.3 Å². The van der Waals surface area contributed by atoms with Gasteiger partial charge in [-0.2, -0.15) is 4.98 Å². The van der Waals surface area contributed by atoms with Gasteiger partial charge in [-0.3, -0.25) is 4.90 Å². The van der Waals surface area contributed by atoms with Gasteiger partial charge in [0, 0.05) is 30.6 Å². The van der Waals surface area contributed by atoms with Crippen molar-refractivity contribution < 1.29 is 9.26 Å². The van der Waals surface area contributed by atoms with Gasteiger partial charge < -0.3 is 14.6 Å². The van der Waals surface area contributed by atoms with Gasteiger partial charge >= 0.3 is 0 Å². The lowest BCUT2D eigenvalue weighted by molar-refractivity contribution is 0.190. The maximum absolute atomic E-state index is 5.79. The minimum absolute atomic E-state index is 0.135. The number of aromatic nitrogens is 3. The van der Waals surface area contributed by atoms with Crippen molar-refractivity contribution in [1.82, 2.24) is 25.3 Å². The minimum atomic E-state index is 0.135. The van der Waals surface area contributed by atoms with Crippen molar-refractivity contribution in [3.8, 4) is 17.2 Å². The Bertz CT molecular complexity index is 820. The van der Waals surface area contributed by atoms with E-state index in [4.69, 9.17) is 9.26 Å². The summed E-state index contributed by atoms with van der Waals surface area (Å²) in [4.78, 5) is 11.0. The van der Waals surface area contributed by atoms with Gasteiger partial charge in [0.15, 0.2) is 5.82 Å². The standard InChI is InChI=1S/C17H19N5O2S/c1-22-6-5-18-8-15(22)16-20-17(24-21-16)12-3-2-4-14(7-12)23-9-13-10-25-11-19-13/h2-4,7,10-11,15,18H,5-6,8-9H2,1H3. The van der Waals surface area contributed by atoms with Crippen LogP contribution in [0.25, 0.3) is 11.5 Å². The zero-order chi connectivity index (χ0) is 17.1. The highest BCUT2D eigenvalue weighted by molar-refractivity contribution is 7.07. The summed E-state index contributed by atoms with van der Waals surface area (Å²) in [7, 11) is 2.08. The Balaban J connectivity index is 1.49. The fourth-order valence-electron chi connectivity index (χ4n) is 2.77. The average molecular weight is 357 g/mol. The first-order chi connectivity index (χ1) is 12.3. The molecule has 2 aromatic heterocycles. The number of ether oxygens (including phenoxy) is 1. The molecule has 7 nitrogen and oxygen atoms in total. The van der Waals surface area contributed by atoms with Crippen LogP contribution < -0.4 is 10.1 Å².